The quantitative estimate of drug-likeness (QED) is 0.775. The minimum absolute atomic E-state index is 0.486. The third-order valence-corrected chi connectivity index (χ3v) is 3.14. The molecule has 0 aliphatic heterocycles. The summed E-state index contributed by atoms with van der Waals surface area (Å²) in [5.74, 6) is 1.02. The normalized spacial score (nSPS) is 16.8. The van der Waals surface area contributed by atoms with Crippen molar-refractivity contribution in [1.82, 2.24) is 5.32 Å². The summed E-state index contributed by atoms with van der Waals surface area (Å²) in [6.07, 6.45) is 5.32. The van der Waals surface area contributed by atoms with Gasteiger partial charge < -0.3 is 10.1 Å². The maximum atomic E-state index is 5.76. The number of rotatable bonds is 7. The molecule has 0 saturated heterocycles. The number of nitrogens with one attached hydrogen (secondary N) is 1. The van der Waals surface area contributed by atoms with E-state index >= 15 is 0 Å². The van der Waals surface area contributed by atoms with Crippen LogP contribution in [0.1, 0.15) is 51.1 Å². The molecule has 0 heterocycles. The average molecular weight is 233 g/mol. The molecular formula is C15H23NO. The molecule has 1 atom stereocenters. The molecule has 1 saturated carbocycles. The second kappa shape index (κ2) is 6.06. The molecule has 1 aromatic rings. The standard InChI is InChI=1S/C15H23NO/c1-3-5-15(16-4-2)12-6-8-13(9-7-12)17-14-10-11-14/h6-9,14-16H,3-5,10-11H2,1-2H3. The van der Waals surface area contributed by atoms with Crippen molar-refractivity contribution in [2.45, 2.75) is 51.7 Å². The molecule has 0 aromatic heterocycles. The Morgan fingerprint density at radius 1 is 1.24 bits per heavy atom. The van der Waals surface area contributed by atoms with Crippen molar-refractivity contribution >= 4 is 0 Å². The fourth-order valence-corrected chi connectivity index (χ4v) is 2.08. The first-order valence-corrected chi connectivity index (χ1v) is 6.83. The van der Waals surface area contributed by atoms with Crippen LogP contribution in [-0.2, 0) is 0 Å². The summed E-state index contributed by atoms with van der Waals surface area (Å²) in [7, 11) is 0. The smallest absolute Gasteiger partial charge is 0.119 e. The van der Waals surface area contributed by atoms with E-state index in [0.29, 0.717) is 12.1 Å². The van der Waals surface area contributed by atoms with E-state index in [1.54, 1.807) is 0 Å². The third kappa shape index (κ3) is 3.74. The Morgan fingerprint density at radius 2 is 1.94 bits per heavy atom. The van der Waals surface area contributed by atoms with Gasteiger partial charge in [-0.2, -0.15) is 0 Å². The SMILES string of the molecule is CCCC(NCC)c1ccc(OC2CC2)cc1. The lowest BCUT2D eigenvalue weighted by molar-refractivity contribution is 0.303. The minimum Gasteiger partial charge on any atom is -0.490 e. The third-order valence-electron chi connectivity index (χ3n) is 3.14. The summed E-state index contributed by atoms with van der Waals surface area (Å²) in [5.41, 5.74) is 1.37. The Hall–Kier alpha value is -1.02. The highest BCUT2D eigenvalue weighted by Gasteiger charge is 2.23. The Balaban J connectivity index is 1.97. The first-order valence-electron chi connectivity index (χ1n) is 6.83. The van der Waals surface area contributed by atoms with Gasteiger partial charge in [0.2, 0.25) is 0 Å². The van der Waals surface area contributed by atoms with Crippen LogP contribution in [0.4, 0.5) is 0 Å². The molecule has 0 radical (unpaired) electrons. The fraction of sp³-hybridized carbons (Fsp3) is 0.600. The van der Waals surface area contributed by atoms with Crippen molar-refractivity contribution in [3.63, 3.8) is 0 Å². The van der Waals surface area contributed by atoms with Crippen LogP contribution in [0.5, 0.6) is 5.75 Å². The van der Waals surface area contributed by atoms with Gasteiger partial charge in [0.1, 0.15) is 5.75 Å². The van der Waals surface area contributed by atoms with E-state index < -0.39 is 0 Å². The summed E-state index contributed by atoms with van der Waals surface area (Å²) in [4.78, 5) is 0. The van der Waals surface area contributed by atoms with E-state index in [2.05, 4.69) is 43.4 Å². The summed E-state index contributed by atoms with van der Waals surface area (Å²) in [6.45, 7) is 5.41. The molecular weight excluding hydrogens is 210 g/mol. The van der Waals surface area contributed by atoms with Crippen LogP contribution in [0, 0.1) is 0 Å². The first kappa shape index (κ1) is 12.4. The van der Waals surface area contributed by atoms with Crippen LogP contribution in [0.3, 0.4) is 0 Å². The summed E-state index contributed by atoms with van der Waals surface area (Å²) in [6, 6.07) is 9.09. The lowest BCUT2D eigenvalue weighted by Gasteiger charge is -2.18. The number of hydrogen-bond acceptors (Lipinski definition) is 2. The van der Waals surface area contributed by atoms with Gasteiger partial charge in [0.05, 0.1) is 6.10 Å². The van der Waals surface area contributed by atoms with Crippen LogP contribution < -0.4 is 10.1 Å². The number of benzene rings is 1. The van der Waals surface area contributed by atoms with Crippen molar-refractivity contribution in [2.75, 3.05) is 6.54 Å². The van der Waals surface area contributed by atoms with Gasteiger partial charge in [-0.05, 0) is 43.5 Å². The number of hydrogen-bond donors (Lipinski definition) is 1. The summed E-state index contributed by atoms with van der Waals surface area (Å²) in [5, 5.41) is 3.53. The zero-order chi connectivity index (χ0) is 12.1. The van der Waals surface area contributed by atoms with E-state index in [1.165, 1.54) is 31.2 Å². The fourth-order valence-electron chi connectivity index (χ4n) is 2.08. The van der Waals surface area contributed by atoms with Gasteiger partial charge in [-0.3, -0.25) is 0 Å². The van der Waals surface area contributed by atoms with Gasteiger partial charge in [-0.15, -0.1) is 0 Å². The Morgan fingerprint density at radius 3 is 2.47 bits per heavy atom. The highest BCUT2D eigenvalue weighted by molar-refractivity contribution is 5.29. The highest BCUT2D eigenvalue weighted by atomic mass is 16.5. The van der Waals surface area contributed by atoms with Gasteiger partial charge in [-0.25, -0.2) is 0 Å². The van der Waals surface area contributed by atoms with Crippen molar-refractivity contribution < 1.29 is 4.74 Å². The maximum absolute atomic E-state index is 5.76. The van der Waals surface area contributed by atoms with E-state index in [9.17, 15) is 0 Å². The predicted octanol–water partition coefficient (Wildman–Crippen LogP) is 3.68. The first-order chi connectivity index (χ1) is 8.33. The maximum Gasteiger partial charge on any atom is 0.119 e. The molecule has 1 aliphatic carbocycles. The number of ether oxygens (including phenoxy) is 1. The molecule has 2 heteroatoms. The molecule has 0 spiro atoms. The Labute approximate surface area is 104 Å². The van der Waals surface area contributed by atoms with E-state index in [0.717, 1.165) is 12.3 Å². The second-order valence-corrected chi connectivity index (χ2v) is 4.79. The summed E-state index contributed by atoms with van der Waals surface area (Å²) < 4.78 is 5.76. The van der Waals surface area contributed by atoms with E-state index in [4.69, 9.17) is 4.74 Å². The van der Waals surface area contributed by atoms with Gasteiger partial charge >= 0.3 is 0 Å². The molecule has 1 fully saturated rings. The molecule has 17 heavy (non-hydrogen) atoms. The molecule has 0 amide bonds. The molecule has 2 nitrogen and oxygen atoms in total. The van der Waals surface area contributed by atoms with Crippen LogP contribution in [0.25, 0.3) is 0 Å². The van der Waals surface area contributed by atoms with Crippen LogP contribution in [0.2, 0.25) is 0 Å². The van der Waals surface area contributed by atoms with Gasteiger partial charge in [-0.1, -0.05) is 32.4 Å². The lowest BCUT2D eigenvalue weighted by atomic mass is 10.0. The van der Waals surface area contributed by atoms with Crippen LogP contribution in [-0.4, -0.2) is 12.6 Å². The van der Waals surface area contributed by atoms with Crippen LogP contribution >= 0.6 is 0 Å². The molecule has 1 unspecified atom stereocenters. The van der Waals surface area contributed by atoms with Gasteiger partial charge in [0, 0.05) is 6.04 Å². The predicted molar refractivity (Wildman–Crippen MR) is 71.4 cm³/mol. The van der Waals surface area contributed by atoms with E-state index in [-0.39, 0.29) is 0 Å². The van der Waals surface area contributed by atoms with Crippen molar-refractivity contribution in [3.05, 3.63) is 29.8 Å². The minimum atomic E-state index is 0.486. The summed E-state index contributed by atoms with van der Waals surface area (Å²) >= 11 is 0. The van der Waals surface area contributed by atoms with Crippen molar-refractivity contribution in [1.29, 1.82) is 0 Å². The molecule has 1 aromatic carbocycles. The van der Waals surface area contributed by atoms with Gasteiger partial charge in [0.25, 0.3) is 0 Å². The zero-order valence-corrected chi connectivity index (χ0v) is 10.9. The molecule has 2 rings (SSSR count). The average Bonchev–Trinajstić information content (AvgIpc) is 3.14. The Bertz CT molecular complexity index is 323. The zero-order valence-electron chi connectivity index (χ0n) is 10.9. The van der Waals surface area contributed by atoms with E-state index in [1.807, 2.05) is 0 Å². The highest BCUT2D eigenvalue weighted by Crippen LogP contribution is 2.28. The Kier molecular flexibility index (Phi) is 4.43. The van der Waals surface area contributed by atoms with Crippen molar-refractivity contribution in [2.24, 2.45) is 0 Å². The second-order valence-electron chi connectivity index (χ2n) is 4.79. The molecule has 94 valence electrons. The van der Waals surface area contributed by atoms with Gasteiger partial charge in [0.15, 0.2) is 0 Å². The van der Waals surface area contributed by atoms with Crippen LogP contribution in [0.15, 0.2) is 24.3 Å². The monoisotopic (exact) mass is 233 g/mol. The largest absolute Gasteiger partial charge is 0.490 e. The topological polar surface area (TPSA) is 21.3 Å². The van der Waals surface area contributed by atoms with Crippen molar-refractivity contribution in [3.8, 4) is 5.75 Å². The molecule has 1 aliphatic rings. The lowest BCUT2D eigenvalue weighted by Crippen LogP contribution is -2.20. The molecule has 1 N–H and O–H groups in total. The molecule has 0 bridgehead atoms.